The van der Waals surface area contributed by atoms with Crippen LogP contribution in [-0.2, 0) is 5.54 Å². The van der Waals surface area contributed by atoms with Crippen LogP contribution >= 0.6 is 11.6 Å². The number of hydrogen-bond acceptors (Lipinski definition) is 2. The molecule has 0 radical (unpaired) electrons. The lowest BCUT2D eigenvalue weighted by Crippen LogP contribution is -2.27. The summed E-state index contributed by atoms with van der Waals surface area (Å²) in [7, 11) is 0. The molecule has 0 fully saturated rings. The normalized spacial score (nSPS) is 13.7. The van der Waals surface area contributed by atoms with Crippen LogP contribution in [0.2, 0.25) is 0 Å². The van der Waals surface area contributed by atoms with E-state index in [2.05, 4.69) is 31.4 Å². The predicted molar refractivity (Wildman–Crippen MR) is 84.8 cm³/mol. The monoisotopic (exact) mass is 294 g/mol. The molecule has 110 valence electrons. The molecule has 1 heterocycles. The number of ether oxygens (including phenoxy) is 1. The van der Waals surface area contributed by atoms with Crippen molar-refractivity contribution < 1.29 is 4.74 Å². The first-order chi connectivity index (χ1) is 9.42. The lowest BCUT2D eigenvalue weighted by molar-refractivity contribution is 0.340. The van der Waals surface area contributed by atoms with Crippen molar-refractivity contribution in [2.24, 2.45) is 0 Å². The van der Waals surface area contributed by atoms with Gasteiger partial charge in [0.2, 0.25) is 0 Å². The number of imidazole rings is 1. The molecule has 0 spiro atoms. The van der Waals surface area contributed by atoms with Gasteiger partial charge >= 0.3 is 0 Å². The molecule has 0 saturated carbocycles. The topological polar surface area (TPSA) is 27.1 Å². The summed E-state index contributed by atoms with van der Waals surface area (Å²) in [6.07, 6.45) is 1.01. The molecule has 1 unspecified atom stereocenters. The van der Waals surface area contributed by atoms with E-state index in [0.29, 0.717) is 6.61 Å². The van der Waals surface area contributed by atoms with Crippen molar-refractivity contribution in [3.8, 4) is 5.75 Å². The third-order valence-electron chi connectivity index (χ3n) is 3.80. The van der Waals surface area contributed by atoms with E-state index in [0.717, 1.165) is 29.0 Å². The summed E-state index contributed by atoms with van der Waals surface area (Å²) in [6.45, 7) is 11.2. The van der Waals surface area contributed by atoms with Gasteiger partial charge < -0.3 is 9.30 Å². The van der Waals surface area contributed by atoms with Crippen LogP contribution in [0.5, 0.6) is 5.75 Å². The van der Waals surface area contributed by atoms with Crippen molar-refractivity contribution in [1.82, 2.24) is 9.55 Å². The van der Waals surface area contributed by atoms with Crippen molar-refractivity contribution >= 4 is 22.6 Å². The standard InChI is InChI=1S/C16H23ClN2O/c1-6-16(4,5)19-12-9-8-10-13(20-7-2)14(12)18-15(19)11(3)17/h8-11H,6-7H2,1-5H3. The van der Waals surface area contributed by atoms with Gasteiger partial charge in [-0.05, 0) is 46.2 Å². The second kappa shape index (κ2) is 5.65. The van der Waals surface area contributed by atoms with Crippen LogP contribution in [0.3, 0.4) is 0 Å². The number of halogens is 1. The minimum Gasteiger partial charge on any atom is -0.492 e. The molecule has 0 amide bonds. The highest BCUT2D eigenvalue weighted by atomic mass is 35.5. The maximum absolute atomic E-state index is 6.35. The Bertz CT molecular complexity index is 602. The molecule has 1 aromatic carbocycles. The molecule has 4 heteroatoms. The fourth-order valence-electron chi connectivity index (χ4n) is 2.42. The van der Waals surface area contributed by atoms with Crippen LogP contribution < -0.4 is 4.74 Å². The van der Waals surface area contributed by atoms with Crippen LogP contribution in [0, 0.1) is 0 Å². The Kier molecular flexibility index (Phi) is 4.28. The Balaban J connectivity index is 2.77. The number of hydrogen-bond donors (Lipinski definition) is 0. The highest BCUT2D eigenvalue weighted by molar-refractivity contribution is 6.20. The van der Waals surface area contributed by atoms with Crippen molar-refractivity contribution in [3.63, 3.8) is 0 Å². The predicted octanol–water partition coefficient (Wildman–Crippen LogP) is 4.88. The van der Waals surface area contributed by atoms with Crippen molar-refractivity contribution in [2.45, 2.75) is 52.0 Å². The van der Waals surface area contributed by atoms with Gasteiger partial charge in [-0.2, -0.15) is 0 Å². The van der Waals surface area contributed by atoms with Gasteiger partial charge in [-0.1, -0.05) is 13.0 Å². The quantitative estimate of drug-likeness (QED) is 0.735. The summed E-state index contributed by atoms with van der Waals surface area (Å²) in [4.78, 5) is 4.75. The summed E-state index contributed by atoms with van der Waals surface area (Å²) in [6, 6.07) is 6.07. The number of benzene rings is 1. The molecular weight excluding hydrogens is 272 g/mol. The summed E-state index contributed by atoms with van der Waals surface area (Å²) in [5.41, 5.74) is 1.96. The minimum absolute atomic E-state index is 0.0297. The smallest absolute Gasteiger partial charge is 0.147 e. The van der Waals surface area contributed by atoms with Gasteiger partial charge in [0.15, 0.2) is 0 Å². The summed E-state index contributed by atoms with van der Waals surface area (Å²) >= 11 is 6.35. The van der Waals surface area contributed by atoms with Crippen molar-refractivity contribution in [3.05, 3.63) is 24.0 Å². The number of alkyl halides is 1. The van der Waals surface area contributed by atoms with E-state index in [-0.39, 0.29) is 10.9 Å². The summed E-state index contributed by atoms with van der Waals surface area (Å²) < 4.78 is 7.95. The molecule has 0 aliphatic carbocycles. The lowest BCUT2D eigenvalue weighted by atomic mass is 10.0. The van der Waals surface area contributed by atoms with Gasteiger partial charge in [-0.25, -0.2) is 4.98 Å². The largest absolute Gasteiger partial charge is 0.492 e. The molecule has 1 atom stereocenters. The van der Waals surface area contributed by atoms with Gasteiger partial charge in [0.25, 0.3) is 0 Å². The van der Waals surface area contributed by atoms with E-state index in [1.807, 2.05) is 26.0 Å². The number of fused-ring (bicyclic) bond motifs is 1. The Morgan fingerprint density at radius 1 is 1.35 bits per heavy atom. The Hall–Kier alpha value is -1.22. The lowest BCUT2D eigenvalue weighted by Gasteiger charge is -2.28. The van der Waals surface area contributed by atoms with E-state index in [9.17, 15) is 0 Å². The first kappa shape index (κ1) is 15.2. The number of aromatic nitrogens is 2. The van der Waals surface area contributed by atoms with E-state index in [1.165, 1.54) is 0 Å². The van der Waals surface area contributed by atoms with Crippen LogP contribution in [0.15, 0.2) is 18.2 Å². The van der Waals surface area contributed by atoms with Gasteiger partial charge in [-0.3, -0.25) is 0 Å². The summed E-state index contributed by atoms with van der Waals surface area (Å²) in [5, 5.41) is -0.136. The molecule has 0 aliphatic rings. The Morgan fingerprint density at radius 3 is 2.60 bits per heavy atom. The van der Waals surface area contributed by atoms with E-state index in [1.54, 1.807) is 0 Å². The third kappa shape index (κ3) is 2.51. The maximum atomic E-state index is 6.35. The van der Waals surface area contributed by atoms with Gasteiger partial charge in [0.1, 0.15) is 17.1 Å². The highest BCUT2D eigenvalue weighted by Crippen LogP contribution is 2.35. The zero-order valence-electron chi connectivity index (χ0n) is 12.9. The molecule has 3 nitrogen and oxygen atoms in total. The van der Waals surface area contributed by atoms with Crippen molar-refractivity contribution in [1.29, 1.82) is 0 Å². The van der Waals surface area contributed by atoms with Gasteiger partial charge in [0.05, 0.1) is 17.5 Å². The minimum atomic E-state index is -0.136. The van der Waals surface area contributed by atoms with Crippen LogP contribution in [-0.4, -0.2) is 16.2 Å². The summed E-state index contributed by atoms with van der Waals surface area (Å²) in [5.74, 6) is 1.73. The maximum Gasteiger partial charge on any atom is 0.147 e. The molecule has 2 rings (SSSR count). The molecule has 0 saturated heterocycles. The zero-order valence-corrected chi connectivity index (χ0v) is 13.7. The SMILES string of the molecule is CCOc1cccc2c1nc(C(C)Cl)n2C(C)(C)CC. The van der Waals surface area contributed by atoms with Crippen LogP contribution in [0.25, 0.3) is 11.0 Å². The van der Waals surface area contributed by atoms with E-state index < -0.39 is 0 Å². The van der Waals surface area contributed by atoms with Gasteiger partial charge in [0, 0.05) is 5.54 Å². The first-order valence-corrected chi connectivity index (χ1v) is 7.64. The Morgan fingerprint density at radius 2 is 2.05 bits per heavy atom. The zero-order chi connectivity index (χ0) is 14.9. The molecule has 20 heavy (non-hydrogen) atoms. The molecular formula is C16H23ClN2O. The van der Waals surface area contributed by atoms with Crippen LogP contribution in [0.4, 0.5) is 0 Å². The van der Waals surface area contributed by atoms with Gasteiger partial charge in [-0.15, -0.1) is 11.6 Å². The van der Waals surface area contributed by atoms with E-state index in [4.69, 9.17) is 21.3 Å². The molecule has 2 aromatic rings. The average Bonchev–Trinajstić information content (AvgIpc) is 2.80. The number of rotatable bonds is 5. The fourth-order valence-corrected chi connectivity index (χ4v) is 2.57. The third-order valence-corrected chi connectivity index (χ3v) is 4.00. The fraction of sp³-hybridized carbons (Fsp3) is 0.562. The molecule has 0 bridgehead atoms. The Labute approximate surface area is 125 Å². The van der Waals surface area contributed by atoms with E-state index >= 15 is 0 Å². The highest BCUT2D eigenvalue weighted by Gasteiger charge is 2.27. The van der Waals surface area contributed by atoms with Crippen LogP contribution in [0.1, 0.15) is 52.2 Å². The number of para-hydroxylation sites is 1. The molecule has 0 aliphatic heterocycles. The second-order valence-corrected chi connectivity index (χ2v) is 6.30. The molecule has 1 aromatic heterocycles. The number of nitrogens with zero attached hydrogens (tertiary/aromatic N) is 2. The first-order valence-electron chi connectivity index (χ1n) is 7.21. The molecule has 0 N–H and O–H groups in total. The van der Waals surface area contributed by atoms with Crippen molar-refractivity contribution in [2.75, 3.05) is 6.61 Å². The second-order valence-electron chi connectivity index (χ2n) is 5.64. The average molecular weight is 295 g/mol.